The van der Waals surface area contributed by atoms with Crippen LogP contribution < -0.4 is 0 Å². The van der Waals surface area contributed by atoms with Crippen LogP contribution in [0.5, 0.6) is 0 Å². The summed E-state index contributed by atoms with van der Waals surface area (Å²) in [7, 11) is 1.39. The van der Waals surface area contributed by atoms with E-state index in [2.05, 4.69) is 60.6 Å². The van der Waals surface area contributed by atoms with Gasteiger partial charge in [-0.1, -0.05) is 60.6 Å². The van der Waals surface area contributed by atoms with Gasteiger partial charge in [0, 0.05) is 5.41 Å². The van der Waals surface area contributed by atoms with Crippen molar-refractivity contribution >= 4 is 5.97 Å². The van der Waals surface area contributed by atoms with Gasteiger partial charge in [0.25, 0.3) is 0 Å². The Morgan fingerprint density at radius 1 is 0.917 bits per heavy atom. The Hall–Kier alpha value is -1.17. The molecule has 36 heavy (non-hydrogen) atoms. The molecule has 0 saturated heterocycles. The molecular weight excluding hydrogens is 452 g/mol. The summed E-state index contributed by atoms with van der Waals surface area (Å²) < 4.78 is 5.31. The molecule has 202 valence electrons. The predicted molar refractivity (Wildman–Crippen MR) is 140 cm³/mol. The van der Waals surface area contributed by atoms with Gasteiger partial charge in [0.2, 0.25) is 0 Å². The predicted octanol–water partition coefficient (Wildman–Crippen LogP) is 5.18. The van der Waals surface area contributed by atoms with Gasteiger partial charge in [-0.3, -0.25) is 4.79 Å². The van der Waals surface area contributed by atoms with Crippen LogP contribution in [0, 0.1) is 44.3 Å². The number of rotatable bonds is 1. The van der Waals surface area contributed by atoms with Crippen LogP contribution in [-0.2, 0) is 9.53 Å². The number of aliphatic hydroxyl groups excluding tert-OH is 3. The van der Waals surface area contributed by atoms with Gasteiger partial charge < -0.3 is 20.1 Å². The standard InChI is InChI=1S/C31H48O5/c1-26(2)15-19-18-9-10-21-28(5)13-12-22(32)27(3,4)20(28)11-14-29(21,6)30(18,7)16-24(34)31(19,17-23(26)33)25(35)36-8/h9-10,20-24,32-34H,11-17H2,1-8H3/t20-,21+,22-,23-,24-,28+,29+,30+,31-/m0/s1. The molecule has 0 aromatic rings. The number of methoxy groups -OCH3 is 1. The van der Waals surface area contributed by atoms with E-state index >= 15 is 0 Å². The highest BCUT2D eigenvalue weighted by molar-refractivity contribution is 5.83. The van der Waals surface area contributed by atoms with E-state index in [4.69, 9.17) is 4.74 Å². The molecule has 5 nitrogen and oxygen atoms in total. The first-order valence-corrected chi connectivity index (χ1v) is 14.1. The molecule has 5 aliphatic rings. The molecule has 0 unspecified atom stereocenters. The number of hydrogen-bond donors (Lipinski definition) is 3. The van der Waals surface area contributed by atoms with Crippen molar-refractivity contribution in [2.75, 3.05) is 7.11 Å². The quantitative estimate of drug-likeness (QED) is 0.432. The zero-order valence-electron chi connectivity index (χ0n) is 23.6. The largest absolute Gasteiger partial charge is 0.468 e. The summed E-state index contributed by atoms with van der Waals surface area (Å²) in [5, 5.41) is 33.8. The van der Waals surface area contributed by atoms with Crippen molar-refractivity contribution in [2.45, 2.75) is 112 Å². The third-order valence-electron chi connectivity index (χ3n) is 12.8. The molecular formula is C31H48O5. The first kappa shape index (κ1) is 26.4. The van der Waals surface area contributed by atoms with Crippen molar-refractivity contribution in [1.82, 2.24) is 0 Å². The van der Waals surface area contributed by atoms with Gasteiger partial charge in [0.1, 0.15) is 5.41 Å². The molecule has 0 bridgehead atoms. The first-order valence-electron chi connectivity index (χ1n) is 14.1. The molecule has 0 spiro atoms. The molecule has 0 aliphatic heterocycles. The molecule has 5 aliphatic carbocycles. The fourth-order valence-corrected chi connectivity index (χ4v) is 10.2. The van der Waals surface area contributed by atoms with E-state index in [0.29, 0.717) is 24.7 Å². The van der Waals surface area contributed by atoms with E-state index in [1.807, 2.05) is 0 Å². The Morgan fingerprint density at radius 2 is 1.58 bits per heavy atom. The molecule has 5 rings (SSSR count). The third-order valence-corrected chi connectivity index (χ3v) is 12.8. The van der Waals surface area contributed by atoms with Gasteiger partial charge in [-0.25, -0.2) is 0 Å². The minimum absolute atomic E-state index is 0.0648. The normalized spacial score (nSPS) is 50.9. The molecule has 0 aromatic heterocycles. The van der Waals surface area contributed by atoms with E-state index in [9.17, 15) is 20.1 Å². The molecule has 3 N–H and O–H groups in total. The van der Waals surface area contributed by atoms with Crippen molar-refractivity contribution in [3.63, 3.8) is 0 Å². The van der Waals surface area contributed by atoms with E-state index in [0.717, 1.165) is 31.3 Å². The Kier molecular flexibility index (Phi) is 5.65. The highest BCUT2D eigenvalue weighted by Crippen LogP contribution is 2.74. The number of carbonyl (C=O) groups is 1. The average Bonchev–Trinajstić information content (AvgIpc) is 2.78. The van der Waals surface area contributed by atoms with E-state index < -0.39 is 29.0 Å². The number of aliphatic hydroxyl groups is 3. The number of esters is 1. The smallest absolute Gasteiger partial charge is 0.318 e. The summed E-state index contributed by atoms with van der Waals surface area (Å²) in [5.74, 6) is 0.332. The maximum Gasteiger partial charge on any atom is 0.318 e. The lowest BCUT2D eigenvalue weighted by Gasteiger charge is -2.69. The fourth-order valence-electron chi connectivity index (χ4n) is 10.2. The van der Waals surface area contributed by atoms with Gasteiger partial charge in [-0.05, 0) is 89.6 Å². The monoisotopic (exact) mass is 500 g/mol. The van der Waals surface area contributed by atoms with Crippen LogP contribution in [0.25, 0.3) is 0 Å². The zero-order chi connectivity index (χ0) is 26.7. The minimum atomic E-state index is -1.19. The van der Waals surface area contributed by atoms with Crippen LogP contribution in [0.4, 0.5) is 0 Å². The molecule has 9 atom stereocenters. The molecule has 5 heteroatoms. The summed E-state index contributed by atoms with van der Waals surface area (Å²) in [5.41, 5.74) is 0.137. The summed E-state index contributed by atoms with van der Waals surface area (Å²) in [6, 6.07) is 0. The van der Waals surface area contributed by atoms with E-state index in [-0.39, 0.29) is 34.2 Å². The lowest BCUT2D eigenvalue weighted by molar-refractivity contribution is -0.194. The van der Waals surface area contributed by atoms with Gasteiger partial charge >= 0.3 is 5.97 Å². The van der Waals surface area contributed by atoms with Crippen molar-refractivity contribution in [3.8, 4) is 0 Å². The Labute approximate surface area is 217 Å². The second kappa shape index (κ2) is 7.70. The maximum atomic E-state index is 13.4. The molecule has 0 radical (unpaired) electrons. The molecule has 0 amide bonds. The van der Waals surface area contributed by atoms with Gasteiger partial charge in [0.15, 0.2) is 0 Å². The SMILES string of the molecule is COC(=O)[C@@]12C[C@H](O)C(C)(C)CC1=C1C=C[C@@H]3[C@]4(C)CC[C@H](O)C(C)(C)[C@@H]4CC[C@@]3(C)[C@]1(C)C[C@@H]2O. The molecule has 0 aromatic carbocycles. The maximum absolute atomic E-state index is 13.4. The highest BCUT2D eigenvalue weighted by atomic mass is 16.5. The first-order chi connectivity index (χ1) is 16.5. The molecule has 3 saturated carbocycles. The number of carbonyl (C=O) groups excluding carboxylic acids is 1. The topological polar surface area (TPSA) is 87.0 Å². The average molecular weight is 501 g/mol. The summed E-state index contributed by atoms with van der Waals surface area (Å²) in [6.45, 7) is 15.8. The fraction of sp³-hybridized carbons (Fsp3) is 0.839. The van der Waals surface area contributed by atoms with Gasteiger partial charge in [-0.2, -0.15) is 0 Å². The van der Waals surface area contributed by atoms with Crippen LogP contribution in [0.3, 0.4) is 0 Å². The third kappa shape index (κ3) is 2.97. The highest BCUT2D eigenvalue weighted by Gasteiger charge is 2.69. The minimum Gasteiger partial charge on any atom is -0.468 e. The van der Waals surface area contributed by atoms with Crippen LogP contribution >= 0.6 is 0 Å². The van der Waals surface area contributed by atoms with Crippen molar-refractivity contribution in [3.05, 3.63) is 23.3 Å². The number of allylic oxidation sites excluding steroid dienone is 3. The van der Waals surface area contributed by atoms with E-state index in [1.54, 1.807) is 0 Å². The summed E-state index contributed by atoms with van der Waals surface area (Å²) >= 11 is 0. The van der Waals surface area contributed by atoms with E-state index in [1.165, 1.54) is 12.7 Å². The van der Waals surface area contributed by atoms with Crippen LogP contribution in [0.2, 0.25) is 0 Å². The Bertz CT molecular complexity index is 1020. The van der Waals surface area contributed by atoms with Crippen LogP contribution in [0.1, 0.15) is 93.4 Å². The zero-order valence-corrected chi connectivity index (χ0v) is 23.6. The molecule has 3 fully saturated rings. The van der Waals surface area contributed by atoms with Crippen LogP contribution in [0.15, 0.2) is 23.3 Å². The summed E-state index contributed by atoms with van der Waals surface area (Å²) in [4.78, 5) is 13.4. The Morgan fingerprint density at radius 3 is 2.22 bits per heavy atom. The lowest BCUT2D eigenvalue weighted by Crippen LogP contribution is -2.65. The van der Waals surface area contributed by atoms with Crippen molar-refractivity contribution in [2.24, 2.45) is 44.3 Å². The summed E-state index contributed by atoms with van der Waals surface area (Å²) in [6.07, 6.45) is 7.99. The number of hydrogen-bond acceptors (Lipinski definition) is 5. The van der Waals surface area contributed by atoms with Crippen molar-refractivity contribution < 1.29 is 24.9 Å². The Balaban J connectivity index is 1.72. The number of fused-ring (bicyclic) bond motifs is 6. The lowest BCUT2D eigenvalue weighted by atomic mass is 9.35. The second-order valence-corrected chi connectivity index (χ2v) is 15.0. The van der Waals surface area contributed by atoms with Gasteiger partial charge in [0.05, 0.1) is 25.4 Å². The van der Waals surface area contributed by atoms with Gasteiger partial charge in [-0.15, -0.1) is 0 Å². The number of ether oxygens (including phenoxy) is 1. The second-order valence-electron chi connectivity index (χ2n) is 15.0. The molecule has 0 heterocycles. The van der Waals surface area contributed by atoms with Crippen molar-refractivity contribution in [1.29, 1.82) is 0 Å². The van der Waals surface area contributed by atoms with Crippen LogP contribution in [-0.4, -0.2) is 46.7 Å².